The first kappa shape index (κ1) is 24.6. The van der Waals surface area contributed by atoms with E-state index < -0.39 is 17.6 Å². The Morgan fingerprint density at radius 3 is 2.13 bits per heavy atom. The number of phenolic OH excluding ortho intramolecular Hbond substituents is 1. The Balaban J connectivity index is 1.45. The van der Waals surface area contributed by atoms with Crippen LogP contribution in [0.25, 0.3) is 34.5 Å². The molecule has 0 aliphatic carbocycles. The monoisotopic (exact) mass is 508 g/mol. The molecule has 5 aromatic rings. The van der Waals surface area contributed by atoms with E-state index in [0.29, 0.717) is 18.1 Å². The fourth-order valence-electron chi connectivity index (χ4n) is 4.08. The number of hydrogen-bond donors (Lipinski definition) is 2. The molecule has 0 spiro atoms. The first-order valence-corrected chi connectivity index (χ1v) is 11.8. The van der Waals surface area contributed by atoms with E-state index in [2.05, 4.69) is 4.98 Å². The Labute approximate surface area is 217 Å². The van der Waals surface area contributed by atoms with Crippen molar-refractivity contribution in [2.75, 3.05) is 0 Å². The Bertz CT molecular complexity index is 1620. The SMILES string of the molecule is O=C(O)c1ccc(Cn2cc(-c3ccc(F)cc3F)nc2C=Cc2ccc(-c3ccc(O)cc3)cc2)cc1. The lowest BCUT2D eigenvalue weighted by atomic mass is 10.0. The summed E-state index contributed by atoms with van der Waals surface area (Å²) in [6.07, 6.45) is 5.39. The minimum Gasteiger partial charge on any atom is -0.508 e. The highest BCUT2D eigenvalue weighted by molar-refractivity contribution is 5.87. The number of rotatable bonds is 7. The van der Waals surface area contributed by atoms with Crippen LogP contribution in [0, 0.1) is 11.6 Å². The van der Waals surface area contributed by atoms with E-state index in [0.717, 1.165) is 28.3 Å². The fourth-order valence-corrected chi connectivity index (χ4v) is 4.08. The lowest BCUT2D eigenvalue weighted by Gasteiger charge is -2.06. The normalized spacial score (nSPS) is 11.2. The quantitative estimate of drug-likeness (QED) is 0.246. The standard InChI is InChI=1S/C31H22F2N2O3/c32-25-12-15-27(28(33)17-25)29-19-35(18-21-3-8-24(9-4-21)31(37)38)30(34-29)16-5-20-1-6-22(7-2-20)23-10-13-26(36)14-11-23/h1-17,19,36H,18H2,(H,37,38). The van der Waals surface area contributed by atoms with Gasteiger partial charge >= 0.3 is 5.97 Å². The van der Waals surface area contributed by atoms with Crippen molar-refractivity contribution < 1.29 is 23.8 Å². The van der Waals surface area contributed by atoms with Gasteiger partial charge in [0.15, 0.2) is 0 Å². The Hall–Kier alpha value is -5.04. The van der Waals surface area contributed by atoms with Crippen LogP contribution >= 0.6 is 0 Å². The number of hydrogen-bond acceptors (Lipinski definition) is 3. The predicted octanol–water partition coefficient (Wildman–Crippen LogP) is 7.12. The Morgan fingerprint density at radius 1 is 0.842 bits per heavy atom. The van der Waals surface area contributed by atoms with Gasteiger partial charge in [0.25, 0.3) is 0 Å². The Morgan fingerprint density at radius 2 is 1.50 bits per heavy atom. The molecule has 0 amide bonds. The van der Waals surface area contributed by atoms with Crippen LogP contribution in [0.3, 0.4) is 0 Å². The molecule has 7 heteroatoms. The number of imidazole rings is 1. The lowest BCUT2D eigenvalue weighted by molar-refractivity contribution is 0.0697. The highest BCUT2D eigenvalue weighted by Gasteiger charge is 2.13. The van der Waals surface area contributed by atoms with Crippen molar-refractivity contribution in [1.29, 1.82) is 0 Å². The summed E-state index contributed by atoms with van der Waals surface area (Å²) in [5, 5.41) is 18.7. The smallest absolute Gasteiger partial charge is 0.335 e. The van der Waals surface area contributed by atoms with Crippen LogP contribution in [0.4, 0.5) is 8.78 Å². The molecule has 0 aliphatic heterocycles. The van der Waals surface area contributed by atoms with Crippen molar-refractivity contribution in [2.45, 2.75) is 6.54 Å². The average Bonchev–Trinajstić information content (AvgIpc) is 3.30. The van der Waals surface area contributed by atoms with E-state index in [1.165, 1.54) is 24.3 Å². The van der Waals surface area contributed by atoms with Crippen molar-refractivity contribution in [2.24, 2.45) is 0 Å². The summed E-state index contributed by atoms with van der Waals surface area (Å²) in [5.74, 6) is -1.62. The third kappa shape index (κ3) is 5.52. The molecule has 0 unspecified atom stereocenters. The van der Waals surface area contributed by atoms with Crippen LogP contribution in [-0.4, -0.2) is 25.7 Å². The molecule has 0 fully saturated rings. The number of aromatic hydroxyl groups is 1. The van der Waals surface area contributed by atoms with E-state index in [4.69, 9.17) is 5.11 Å². The number of aromatic carboxylic acids is 1. The highest BCUT2D eigenvalue weighted by Crippen LogP contribution is 2.26. The molecular weight excluding hydrogens is 486 g/mol. The maximum Gasteiger partial charge on any atom is 0.335 e. The molecular formula is C31H22F2N2O3. The molecule has 0 aliphatic rings. The second-order valence-electron chi connectivity index (χ2n) is 8.74. The molecule has 0 bridgehead atoms. The van der Waals surface area contributed by atoms with Gasteiger partial charge in [0.1, 0.15) is 23.2 Å². The third-order valence-electron chi connectivity index (χ3n) is 6.10. The summed E-state index contributed by atoms with van der Waals surface area (Å²) in [7, 11) is 0. The van der Waals surface area contributed by atoms with Crippen molar-refractivity contribution >= 4 is 18.1 Å². The van der Waals surface area contributed by atoms with Gasteiger partial charge in [0.05, 0.1) is 11.3 Å². The molecule has 0 saturated carbocycles. The van der Waals surface area contributed by atoms with Gasteiger partial charge < -0.3 is 14.8 Å². The molecule has 1 aromatic heterocycles. The number of nitrogens with zero attached hydrogens (tertiary/aromatic N) is 2. The van der Waals surface area contributed by atoms with Gasteiger partial charge in [-0.2, -0.15) is 0 Å². The maximum atomic E-state index is 14.5. The van der Waals surface area contributed by atoms with Crippen molar-refractivity contribution in [3.05, 3.63) is 131 Å². The molecule has 188 valence electrons. The number of halogens is 2. The average molecular weight is 509 g/mol. The van der Waals surface area contributed by atoms with Crippen molar-refractivity contribution in [3.63, 3.8) is 0 Å². The summed E-state index contributed by atoms with van der Waals surface area (Å²) in [6.45, 7) is 0.370. The van der Waals surface area contributed by atoms with Gasteiger partial charge in [0.2, 0.25) is 0 Å². The van der Waals surface area contributed by atoms with Crippen LogP contribution in [0.1, 0.15) is 27.3 Å². The molecule has 0 atom stereocenters. The second-order valence-corrected chi connectivity index (χ2v) is 8.74. The first-order chi connectivity index (χ1) is 18.4. The first-order valence-electron chi connectivity index (χ1n) is 11.8. The molecule has 4 aromatic carbocycles. The van der Waals surface area contributed by atoms with Crippen molar-refractivity contribution in [3.8, 4) is 28.1 Å². The second kappa shape index (κ2) is 10.5. The van der Waals surface area contributed by atoms with E-state index in [1.54, 1.807) is 30.5 Å². The van der Waals surface area contributed by atoms with Crippen LogP contribution in [-0.2, 0) is 6.54 Å². The molecule has 1 heterocycles. The Kier molecular flexibility index (Phi) is 6.82. The van der Waals surface area contributed by atoms with Crippen LogP contribution < -0.4 is 0 Å². The molecule has 0 radical (unpaired) electrons. The maximum absolute atomic E-state index is 14.5. The number of carboxylic acid groups (broad SMARTS) is 1. The minimum atomic E-state index is -1.01. The summed E-state index contributed by atoms with van der Waals surface area (Å²) in [6, 6.07) is 24.7. The number of carboxylic acids is 1. The summed E-state index contributed by atoms with van der Waals surface area (Å²) < 4.78 is 29.8. The van der Waals surface area contributed by atoms with E-state index in [9.17, 15) is 18.7 Å². The minimum absolute atomic E-state index is 0.180. The molecule has 5 nitrogen and oxygen atoms in total. The zero-order valence-corrected chi connectivity index (χ0v) is 20.1. The van der Waals surface area contributed by atoms with Gasteiger partial charge in [-0.3, -0.25) is 0 Å². The third-order valence-corrected chi connectivity index (χ3v) is 6.10. The van der Waals surface area contributed by atoms with Gasteiger partial charge in [-0.25, -0.2) is 18.6 Å². The van der Waals surface area contributed by atoms with Crippen LogP contribution in [0.2, 0.25) is 0 Å². The van der Waals surface area contributed by atoms with Gasteiger partial charge in [-0.05, 0) is 64.7 Å². The van der Waals surface area contributed by atoms with E-state index in [-0.39, 0.29) is 16.9 Å². The molecule has 38 heavy (non-hydrogen) atoms. The zero-order chi connectivity index (χ0) is 26.6. The number of benzene rings is 4. The fraction of sp³-hybridized carbons (Fsp3) is 0.0323. The predicted molar refractivity (Wildman–Crippen MR) is 143 cm³/mol. The van der Waals surface area contributed by atoms with Gasteiger partial charge in [-0.1, -0.05) is 54.6 Å². The molecule has 5 rings (SSSR count). The topological polar surface area (TPSA) is 75.3 Å². The van der Waals surface area contributed by atoms with Gasteiger partial charge in [0, 0.05) is 24.4 Å². The summed E-state index contributed by atoms with van der Waals surface area (Å²) in [4.78, 5) is 15.8. The summed E-state index contributed by atoms with van der Waals surface area (Å²) in [5.41, 5.74) is 4.46. The van der Waals surface area contributed by atoms with Crippen molar-refractivity contribution in [1.82, 2.24) is 9.55 Å². The number of aromatic nitrogens is 2. The molecule has 2 N–H and O–H groups in total. The lowest BCUT2D eigenvalue weighted by Crippen LogP contribution is -2.02. The number of carbonyl (C=O) groups is 1. The van der Waals surface area contributed by atoms with Crippen LogP contribution in [0.5, 0.6) is 5.75 Å². The largest absolute Gasteiger partial charge is 0.508 e. The van der Waals surface area contributed by atoms with Crippen LogP contribution in [0.15, 0.2) is 97.2 Å². The summed E-state index contributed by atoms with van der Waals surface area (Å²) >= 11 is 0. The van der Waals surface area contributed by atoms with E-state index in [1.807, 2.05) is 53.1 Å². The number of phenols is 1. The molecule has 0 saturated heterocycles. The zero-order valence-electron chi connectivity index (χ0n) is 20.1. The highest BCUT2D eigenvalue weighted by atomic mass is 19.1. The van der Waals surface area contributed by atoms with E-state index >= 15 is 0 Å². The van der Waals surface area contributed by atoms with Gasteiger partial charge in [-0.15, -0.1) is 0 Å².